The van der Waals surface area contributed by atoms with Gasteiger partial charge in [0.2, 0.25) is 0 Å². The third kappa shape index (κ3) is 2.42. The van der Waals surface area contributed by atoms with Crippen molar-refractivity contribution in [3.63, 3.8) is 0 Å². The summed E-state index contributed by atoms with van der Waals surface area (Å²) in [5.74, 6) is 0. The number of hydrogen-bond donors (Lipinski definition) is 1. The topological polar surface area (TPSA) is 38.5 Å². The first-order chi connectivity index (χ1) is 6.11. The molecular weight excluding hydrogens is 164 g/mol. The van der Waals surface area contributed by atoms with Crippen LogP contribution < -0.4 is 5.73 Å². The predicted octanol–water partition coefficient (Wildman–Crippen LogP) is 0.835. The van der Waals surface area contributed by atoms with E-state index in [4.69, 9.17) is 10.5 Å². The Morgan fingerprint density at radius 1 is 1.54 bits per heavy atom. The molecule has 0 aromatic heterocycles. The minimum Gasteiger partial charge on any atom is -0.378 e. The van der Waals surface area contributed by atoms with Crippen LogP contribution in [0.1, 0.15) is 27.2 Å². The fraction of sp³-hybridized carbons (Fsp3) is 1.00. The molecule has 0 saturated carbocycles. The third-order valence-corrected chi connectivity index (χ3v) is 2.98. The molecule has 3 nitrogen and oxygen atoms in total. The summed E-state index contributed by atoms with van der Waals surface area (Å²) >= 11 is 0. The van der Waals surface area contributed by atoms with Crippen LogP contribution in [0.25, 0.3) is 0 Å². The van der Waals surface area contributed by atoms with Gasteiger partial charge in [0.15, 0.2) is 0 Å². The summed E-state index contributed by atoms with van der Waals surface area (Å²) in [6.07, 6.45) is 1.14. The van der Waals surface area contributed by atoms with Crippen molar-refractivity contribution in [3.05, 3.63) is 0 Å². The molecule has 0 amide bonds. The van der Waals surface area contributed by atoms with Gasteiger partial charge in [0.25, 0.3) is 0 Å². The molecule has 0 bridgehead atoms. The smallest absolute Gasteiger partial charge is 0.0622 e. The van der Waals surface area contributed by atoms with Crippen molar-refractivity contribution in [2.24, 2.45) is 5.73 Å². The maximum atomic E-state index is 5.77. The van der Waals surface area contributed by atoms with E-state index in [1.54, 1.807) is 0 Å². The van der Waals surface area contributed by atoms with E-state index in [-0.39, 0.29) is 5.54 Å². The summed E-state index contributed by atoms with van der Waals surface area (Å²) in [4.78, 5) is 2.48. The second-order valence-corrected chi connectivity index (χ2v) is 4.35. The van der Waals surface area contributed by atoms with E-state index in [2.05, 4.69) is 25.7 Å². The number of rotatable bonds is 3. The first-order valence-electron chi connectivity index (χ1n) is 5.16. The Kier molecular flexibility index (Phi) is 3.71. The molecule has 0 aromatic carbocycles. The molecule has 1 saturated heterocycles. The van der Waals surface area contributed by atoms with Crippen LogP contribution in [0.4, 0.5) is 0 Å². The van der Waals surface area contributed by atoms with Crippen LogP contribution >= 0.6 is 0 Å². The van der Waals surface area contributed by atoms with E-state index in [0.29, 0.717) is 12.6 Å². The fourth-order valence-electron chi connectivity index (χ4n) is 1.91. The van der Waals surface area contributed by atoms with Gasteiger partial charge in [-0.15, -0.1) is 0 Å². The highest BCUT2D eigenvalue weighted by Gasteiger charge is 2.32. The maximum absolute atomic E-state index is 5.77. The van der Waals surface area contributed by atoms with E-state index in [1.807, 2.05) is 0 Å². The van der Waals surface area contributed by atoms with Gasteiger partial charge in [-0.25, -0.2) is 0 Å². The van der Waals surface area contributed by atoms with Gasteiger partial charge >= 0.3 is 0 Å². The van der Waals surface area contributed by atoms with Crippen molar-refractivity contribution >= 4 is 0 Å². The fourth-order valence-corrected chi connectivity index (χ4v) is 1.91. The molecule has 1 fully saturated rings. The molecule has 1 aliphatic heterocycles. The van der Waals surface area contributed by atoms with Gasteiger partial charge in [0, 0.05) is 24.7 Å². The van der Waals surface area contributed by atoms with E-state index in [1.165, 1.54) is 0 Å². The summed E-state index contributed by atoms with van der Waals surface area (Å²) in [5.41, 5.74) is 5.89. The Morgan fingerprint density at radius 3 is 2.77 bits per heavy atom. The van der Waals surface area contributed by atoms with Crippen molar-refractivity contribution in [3.8, 4) is 0 Å². The van der Waals surface area contributed by atoms with Gasteiger partial charge in [-0.2, -0.15) is 0 Å². The minimum atomic E-state index is 0.116. The molecule has 0 radical (unpaired) electrons. The molecule has 1 aliphatic rings. The van der Waals surface area contributed by atoms with Crippen molar-refractivity contribution in [1.29, 1.82) is 0 Å². The number of nitrogens with two attached hydrogens (primary N) is 1. The van der Waals surface area contributed by atoms with E-state index in [9.17, 15) is 0 Å². The Morgan fingerprint density at radius 2 is 2.23 bits per heavy atom. The van der Waals surface area contributed by atoms with Crippen molar-refractivity contribution in [1.82, 2.24) is 4.90 Å². The van der Waals surface area contributed by atoms with E-state index in [0.717, 1.165) is 26.2 Å². The largest absolute Gasteiger partial charge is 0.378 e. The van der Waals surface area contributed by atoms with Gasteiger partial charge in [0.05, 0.1) is 13.2 Å². The normalized spacial score (nSPS) is 26.3. The van der Waals surface area contributed by atoms with Gasteiger partial charge in [0.1, 0.15) is 0 Å². The van der Waals surface area contributed by atoms with Gasteiger partial charge < -0.3 is 10.5 Å². The average molecular weight is 186 g/mol. The Hall–Kier alpha value is -0.120. The predicted molar refractivity (Wildman–Crippen MR) is 54.7 cm³/mol. The van der Waals surface area contributed by atoms with Gasteiger partial charge in [-0.05, 0) is 20.3 Å². The number of morpholine rings is 1. The lowest BCUT2D eigenvalue weighted by Gasteiger charge is -2.45. The van der Waals surface area contributed by atoms with Gasteiger partial charge in [-0.1, -0.05) is 6.92 Å². The highest BCUT2D eigenvalue weighted by atomic mass is 16.5. The molecular formula is C10H22N2O. The molecule has 1 rings (SSSR count). The molecule has 0 aliphatic carbocycles. The van der Waals surface area contributed by atoms with Crippen LogP contribution in [0.2, 0.25) is 0 Å². The summed E-state index contributed by atoms with van der Waals surface area (Å²) in [6, 6.07) is 0.548. The molecule has 1 atom stereocenters. The van der Waals surface area contributed by atoms with Crippen molar-refractivity contribution in [2.45, 2.75) is 38.8 Å². The molecule has 0 spiro atoms. The van der Waals surface area contributed by atoms with Crippen LogP contribution in [-0.4, -0.2) is 42.8 Å². The number of nitrogens with zero attached hydrogens (tertiary/aromatic N) is 1. The lowest BCUT2D eigenvalue weighted by atomic mass is 9.98. The Balaban J connectivity index is 2.63. The molecule has 0 aromatic rings. The lowest BCUT2D eigenvalue weighted by Crippen LogP contribution is -2.58. The first-order valence-corrected chi connectivity index (χ1v) is 5.16. The molecule has 1 heterocycles. The number of hydrogen-bond acceptors (Lipinski definition) is 3. The van der Waals surface area contributed by atoms with Crippen LogP contribution in [-0.2, 0) is 4.74 Å². The molecule has 3 heteroatoms. The molecule has 78 valence electrons. The second-order valence-electron chi connectivity index (χ2n) is 4.35. The van der Waals surface area contributed by atoms with Crippen LogP contribution in [0.15, 0.2) is 0 Å². The SMILES string of the molecule is CCC1COCCN1C(C)(C)CN. The molecule has 1 unspecified atom stereocenters. The van der Waals surface area contributed by atoms with Crippen LogP contribution in [0.3, 0.4) is 0 Å². The standard InChI is InChI=1S/C10H22N2O/c1-4-9-7-13-6-5-12(9)10(2,3)8-11/h9H,4-8,11H2,1-3H3. The van der Waals surface area contributed by atoms with E-state index < -0.39 is 0 Å². The highest BCUT2D eigenvalue weighted by Crippen LogP contribution is 2.21. The first kappa shape index (κ1) is 11.0. The average Bonchev–Trinajstić information content (AvgIpc) is 2.18. The Labute approximate surface area is 81.2 Å². The van der Waals surface area contributed by atoms with Crippen molar-refractivity contribution in [2.75, 3.05) is 26.3 Å². The zero-order chi connectivity index (χ0) is 9.90. The highest BCUT2D eigenvalue weighted by molar-refractivity contribution is 4.88. The van der Waals surface area contributed by atoms with Crippen LogP contribution in [0.5, 0.6) is 0 Å². The Bertz CT molecular complexity index is 159. The van der Waals surface area contributed by atoms with Crippen molar-refractivity contribution < 1.29 is 4.74 Å². The summed E-state index contributed by atoms with van der Waals surface area (Å²) in [6.45, 7) is 10.1. The van der Waals surface area contributed by atoms with E-state index >= 15 is 0 Å². The zero-order valence-electron chi connectivity index (χ0n) is 9.05. The monoisotopic (exact) mass is 186 g/mol. The second kappa shape index (κ2) is 4.40. The summed E-state index contributed by atoms with van der Waals surface area (Å²) < 4.78 is 5.46. The molecule has 13 heavy (non-hydrogen) atoms. The zero-order valence-corrected chi connectivity index (χ0v) is 9.05. The number of ether oxygens (including phenoxy) is 1. The minimum absolute atomic E-state index is 0.116. The third-order valence-electron chi connectivity index (χ3n) is 2.98. The summed E-state index contributed by atoms with van der Waals surface area (Å²) in [7, 11) is 0. The summed E-state index contributed by atoms with van der Waals surface area (Å²) in [5, 5.41) is 0. The molecule has 2 N–H and O–H groups in total. The maximum Gasteiger partial charge on any atom is 0.0622 e. The van der Waals surface area contributed by atoms with Gasteiger partial charge in [-0.3, -0.25) is 4.90 Å². The quantitative estimate of drug-likeness (QED) is 0.709. The lowest BCUT2D eigenvalue weighted by molar-refractivity contribution is -0.0527. The van der Waals surface area contributed by atoms with Crippen LogP contribution in [0, 0.1) is 0 Å².